The van der Waals surface area contributed by atoms with E-state index in [0.717, 1.165) is 26.8 Å². The highest BCUT2D eigenvalue weighted by molar-refractivity contribution is 7.18. The van der Waals surface area contributed by atoms with Crippen LogP contribution < -0.4 is 16.8 Å². The van der Waals surface area contributed by atoms with Crippen molar-refractivity contribution >= 4 is 44.9 Å². The molecule has 0 atom stereocenters. The second kappa shape index (κ2) is 6.10. The number of thiophene rings is 1. The summed E-state index contributed by atoms with van der Waals surface area (Å²) < 4.78 is 1.00. The maximum Gasteiger partial charge on any atom is 0.243 e. The highest BCUT2D eigenvalue weighted by Gasteiger charge is 2.13. The van der Waals surface area contributed by atoms with Crippen molar-refractivity contribution < 1.29 is 4.79 Å². The van der Waals surface area contributed by atoms with E-state index in [4.69, 9.17) is 11.5 Å². The number of pyridine rings is 1. The number of nitrogens with two attached hydrogens (primary N) is 2. The summed E-state index contributed by atoms with van der Waals surface area (Å²) in [6.45, 7) is 0. The van der Waals surface area contributed by atoms with Crippen molar-refractivity contribution in [3.8, 4) is 11.1 Å². The van der Waals surface area contributed by atoms with Gasteiger partial charge in [0.1, 0.15) is 5.82 Å². The zero-order valence-corrected chi connectivity index (χ0v) is 13.4. The fourth-order valence-corrected chi connectivity index (χ4v) is 3.41. The number of nitrogens with zero attached hydrogens (tertiary/aromatic N) is 1. The number of aromatic nitrogens is 1. The molecule has 6 heteroatoms. The molecule has 3 aromatic rings. The number of nitrogen functional groups attached to an aromatic ring is 2. The Balaban J connectivity index is 2.14. The van der Waals surface area contributed by atoms with E-state index in [9.17, 15) is 4.79 Å². The predicted octanol–water partition coefficient (Wildman–Crippen LogP) is 2.89. The van der Waals surface area contributed by atoms with Crippen molar-refractivity contribution in [3.63, 3.8) is 0 Å². The maximum atomic E-state index is 11.4. The fourth-order valence-electron chi connectivity index (χ4n) is 2.33. The van der Waals surface area contributed by atoms with Crippen molar-refractivity contribution in [1.29, 1.82) is 0 Å². The molecular weight excluding hydrogens is 308 g/mol. The molecule has 0 saturated carbocycles. The topological polar surface area (TPSA) is 94.0 Å². The molecule has 0 saturated heterocycles. The van der Waals surface area contributed by atoms with Crippen molar-refractivity contribution in [2.24, 2.45) is 0 Å². The van der Waals surface area contributed by atoms with Crippen LogP contribution in [0.1, 0.15) is 5.56 Å². The number of carbonyl (C=O) groups is 1. The van der Waals surface area contributed by atoms with Gasteiger partial charge in [-0.2, -0.15) is 0 Å². The van der Waals surface area contributed by atoms with Gasteiger partial charge in [0.05, 0.1) is 0 Å². The molecule has 116 valence electrons. The van der Waals surface area contributed by atoms with Gasteiger partial charge in [0.25, 0.3) is 0 Å². The first-order valence-electron chi connectivity index (χ1n) is 7.01. The molecule has 5 N–H and O–H groups in total. The second-order valence-electron chi connectivity index (χ2n) is 5.02. The van der Waals surface area contributed by atoms with Crippen LogP contribution in [0.3, 0.4) is 0 Å². The average Bonchev–Trinajstić information content (AvgIpc) is 3.00. The summed E-state index contributed by atoms with van der Waals surface area (Å²) in [4.78, 5) is 15.7. The lowest BCUT2D eigenvalue weighted by molar-refractivity contribution is -0.115. The number of amides is 1. The number of hydrogen-bond acceptors (Lipinski definition) is 5. The summed E-state index contributed by atoms with van der Waals surface area (Å²) in [6, 6.07) is 7.64. The highest BCUT2D eigenvalue weighted by Crippen LogP contribution is 2.38. The SMILES string of the molecule is CNC(=O)C=Cc1cnc(N)c2c(-c3ccc(N)cc3)csc12. The van der Waals surface area contributed by atoms with Gasteiger partial charge in [0.2, 0.25) is 5.91 Å². The molecule has 0 aliphatic carbocycles. The van der Waals surface area contributed by atoms with E-state index in [0.29, 0.717) is 11.5 Å². The molecule has 0 aliphatic rings. The van der Waals surface area contributed by atoms with Gasteiger partial charge < -0.3 is 16.8 Å². The number of nitrogens with one attached hydrogen (secondary N) is 1. The molecular formula is C17H16N4OS. The Kier molecular flexibility index (Phi) is 3.99. The van der Waals surface area contributed by atoms with Gasteiger partial charge in [-0.3, -0.25) is 4.79 Å². The molecule has 0 aliphatic heterocycles. The number of fused-ring (bicyclic) bond motifs is 1. The van der Waals surface area contributed by atoms with E-state index < -0.39 is 0 Å². The van der Waals surface area contributed by atoms with E-state index in [2.05, 4.69) is 10.3 Å². The Morgan fingerprint density at radius 3 is 2.70 bits per heavy atom. The lowest BCUT2D eigenvalue weighted by Gasteiger charge is -2.04. The van der Waals surface area contributed by atoms with E-state index in [-0.39, 0.29) is 5.91 Å². The number of anilines is 2. The standard InChI is InChI=1S/C17H16N4OS/c1-20-14(22)7-4-11-8-21-17(19)15-13(9-23-16(11)15)10-2-5-12(18)6-3-10/h2-9H,18H2,1H3,(H2,19,21)(H,20,22). The van der Waals surface area contributed by atoms with Crippen molar-refractivity contribution in [1.82, 2.24) is 10.3 Å². The molecule has 23 heavy (non-hydrogen) atoms. The summed E-state index contributed by atoms with van der Waals surface area (Å²) in [5.41, 5.74) is 15.5. The van der Waals surface area contributed by atoms with Crippen LogP contribution in [0, 0.1) is 0 Å². The Morgan fingerprint density at radius 2 is 2.00 bits per heavy atom. The van der Waals surface area contributed by atoms with Crippen LogP contribution in [0.4, 0.5) is 11.5 Å². The predicted molar refractivity (Wildman–Crippen MR) is 97.0 cm³/mol. The van der Waals surface area contributed by atoms with Crippen LogP contribution in [0.5, 0.6) is 0 Å². The van der Waals surface area contributed by atoms with E-state index in [1.165, 1.54) is 6.08 Å². The number of likely N-dealkylation sites (N-methyl/N-ethyl adjacent to an activating group) is 1. The molecule has 0 fully saturated rings. The maximum absolute atomic E-state index is 11.4. The Morgan fingerprint density at radius 1 is 1.26 bits per heavy atom. The normalized spacial score (nSPS) is 11.2. The third-order valence-corrected chi connectivity index (χ3v) is 4.56. The zero-order valence-electron chi connectivity index (χ0n) is 12.5. The number of rotatable bonds is 3. The monoisotopic (exact) mass is 324 g/mol. The van der Waals surface area contributed by atoms with Crippen LogP contribution in [0.2, 0.25) is 0 Å². The van der Waals surface area contributed by atoms with Crippen LogP contribution in [-0.2, 0) is 4.79 Å². The Hall–Kier alpha value is -2.86. The lowest BCUT2D eigenvalue weighted by atomic mass is 10.0. The summed E-state index contributed by atoms with van der Waals surface area (Å²) in [7, 11) is 1.59. The van der Waals surface area contributed by atoms with Crippen molar-refractivity contribution in [2.45, 2.75) is 0 Å². The number of hydrogen-bond donors (Lipinski definition) is 3. The zero-order chi connectivity index (χ0) is 16.4. The van der Waals surface area contributed by atoms with Gasteiger partial charge in [-0.25, -0.2) is 4.98 Å². The molecule has 3 rings (SSSR count). The lowest BCUT2D eigenvalue weighted by Crippen LogP contribution is -2.13. The average molecular weight is 324 g/mol. The van der Waals surface area contributed by atoms with Crippen molar-refractivity contribution in [3.05, 3.63) is 47.5 Å². The van der Waals surface area contributed by atoms with E-state index in [1.54, 1.807) is 30.7 Å². The summed E-state index contributed by atoms with van der Waals surface area (Å²) in [5, 5.41) is 5.50. The minimum absolute atomic E-state index is 0.162. The van der Waals surface area contributed by atoms with Crippen molar-refractivity contribution in [2.75, 3.05) is 18.5 Å². The summed E-state index contributed by atoms with van der Waals surface area (Å²) in [5.74, 6) is 0.315. The van der Waals surface area contributed by atoms with Gasteiger partial charge in [-0.1, -0.05) is 12.1 Å². The smallest absolute Gasteiger partial charge is 0.243 e. The van der Waals surface area contributed by atoms with Gasteiger partial charge in [-0.05, 0) is 29.2 Å². The molecule has 1 aromatic carbocycles. The molecule has 2 aromatic heterocycles. The third-order valence-electron chi connectivity index (χ3n) is 3.53. The summed E-state index contributed by atoms with van der Waals surface area (Å²) in [6.07, 6.45) is 4.91. The minimum atomic E-state index is -0.162. The number of benzene rings is 1. The molecule has 0 spiro atoms. The molecule has 0 bridgehead atoms. The first kappa shape index (κ1) is 15.1. The molecule has 5 nitrogen and oxygen atoms in total. The van der Waals surface area contributed by atoms with E-state index >= 15 is 0 Å². The third kappa shape index (κ3) is 2.89. The first-order valence-corrected chi connectivity index (χ1v) is 7.89. The number of carbonyl (C=O) groups excluding carboxylic acids is 1. The second-order valence-corrected chi connectivity index (χ2v) is 5.90. The highest BCUT2D eigenvalue weighted by atomic mass is 32.1. The van der Waals surface area contributed by atoms with Crippen LogP contribution >= 0.6 is 11.3 Å². The molecule has 1 amide bonds. The quantitative estimate of drug-likeness (QED) is 0.510. The molecule has 0 radical (unpaired) electrons. The molecule has 0 unspecified atom stereocenters. The van der Waals surface area contributed by atoms with Crippen LogP contribution in [-0.4, -0.2) is 17.9 Å². The summed E-state index contributed by atoms with van der Waals surface area (Å²) >= 11 is 1.58. The Labute approximate surface area is 137 Å². The fraction of sp³-hybridized carbons (Fsp3) is 0.0588. The molecule has 2 heterocycles. The van der Waals surface area contributed by atoms with Crippen LogP contribution in [0.15, 0.2) is 41.9 Å². The largest absolute Gasteiger partial charge is 0.399 e. The van der Waals surface area contributed by atoms with Crippen LogP contribution in [0.25, 0.3) is 27.3 Å². The Bertz CT molecular complexity index is 897. The van der Waals surface area contributed by atoms with E-state index in [1.807, 2.05) is 29.6 Å². The first-order chi connectivity index (χ1) is 11.1. The van der Waals surface area contributed by atoms with Gasteiger partial charge >= 0.3 is 0 Å². The van der Waals surface area contributed by atoms with Gasteiger partial charge in [-0.15, -0.1) is 11.3 Å². The van der Waals surface area contributed by atoms with Gasteiger partial charge in [0, 0.05) is 46.2 Å². The van der Waals surface area contributed by atoms with Gasteiger partial charge in [0.15, 0.2) is 0 Å². The minimum Gasteiger partial charge on any atom is -0.399 e.